The van der Waals surface area contributed by atoms with Crippen molar-refractivity contribution in [2.24, 2.45) is 0 Å². The first kappa shape index (κ1) is 61.9. The maximum absolute atomic E-state index is 13.1. The highest BCUT2D eigenvalue weighted by molar-refractivity contribution is 5.80. The number of carbonyl (C=O) groups is 1. The molecule has 0 aromatic carbocycles. The Balaban J connectivity index is 2.22. The molecule has 8 atom stereocenters. The van der Waals surface area contributed by atoms with E-state index in [1.807, 2.05) is 0 Å². The summed E-state index contributed by atoms with van der Waals surface area (Å²) >= 11 is 0. The van der Waals surface area contributed by atoms with Gasteiger partial charge in [-0.3, -0.25) is 4.79 Å². The second kappa shape index (κ2) is 45.3. The van der Waals surface area contributed by atoms with Crippen LogP contribution in [-0.2, 0) is 14.3 Å². The molecule has 0 bridgehead atoms. The number of rotatable bonds is 48. The molecule has 0 aliphatic carbocycles. The van der Waals surface area contributed by atoms with Gasteiger partial charge in [-0.2, -0.15) is 0 Å². The fourth-order valence-electron chi connectivity index (χ4n) is 9.16. The summed E-state index contributed by atoms with van der Waals surface area (Å²) in [5.74, 6) is -0.581. The molecule has 10 heteroatoms. The van der Waals surface area contributed by atoms with Gasteiger partial charge in [0.15, 0.2) is 6.29 Å². The SMILES string of the molecule is CCCCCCCCCCCCCC/C=C\CCCCCCCCCCCCC(O)C(=O)NC(COC1OC(CO)C(O)C(O)C1O)C(O)CCCCCCCCCCCCCCCC. The summed E-state index contributed by atoms with van der Waals surface area (Å²) in [6, 6.07) is -0.892. The van der Waals surface area contributed by atoms with E-state index < -0.39 is 61.5 Å². The number of amides is 1. The zero-order valence-electron chi connectivity index (χ0n) is 42.4. The van der Waals surface area contributed by atoms with E-state index in [0.29, 0.717) is 12.8 Å². The van der Waals surface area contributed by atoms with Gasteiger partial charge < -0.3 is 45.4 Å². The lowest BCUT2D eigenvalue weighted by atomic mass is 9.99. The summed E-state index contributed by atoms with van der Waals surface area (Å²) in [4.78, 5) is 13.1. The van der Waals surface area contributed by atoms with E-state index in [4.69, 9.17) is 9.47 Å². The first-order valence-corrected chi connectivity index (χ1v) is 28.0. The highest BCUT2D eigenvalue weighted by Crippen LogP contribution is 2.23. The quantitative estimate of drug-likeness (QED) is 0.0232. The Morgan fingerprint density at radius 1 is 0.508 bits per heavy atom. The molecule has 8 unspecified atom stereocenters. The first-order chi connectivity index (χ1) is 31.8. The number of allylic oxidation sites excluding steroid dienone is 2. The summed E-state index contributed by atoms with van der Waals surface area (Å²) < 4.78 is 11.2. The minimum Gasteiger partial charge on any atom is -0.394 e. The fraction of sp³-hybridized carbons (Fsp3) is 0.945. The number of nitrogens with one attached hydrogen (secondary N) is 1. The molecule has 0 spiro atoms. The maximum Gasteiger partial charge on any atom is 0.249 e. The van der Waals surface area contributed by atoms with Crippen LogP contribution < -0.4 is 5.32 Å². The van der Waals surface area contributed by atoms with Gasteiger partial charge in [0.2, 0.25) is 5.91 Å². The van der Waals surface area contributed by atoms with E-state index in [-0.39, 0.29) is 6.61 Å². The number of unbranched alkanes of at least 4 members (excludes halogenated alkanes) is 35. The van der Waals surface area contributed by atoms with Crippen LogP contribution in [0.15, 0.2) is 12.2 Å². The third kappa shape index (κ3) is 34.8. The van der Waals surface area contributed by atoms with Crippen molar-refractivity contribution < 1.29 is 44.9 Å². The van der Waals surface area contributed by atoms with Crippen molar-refractivity contribution in [2.75, 3.05) is 13.2 Å². The summed E-state index contributed by atoms with van der Waals surface area (Å²) in [5.41, 5.74) is 0. The molecular formula is C55H107NO9. The van der Waals surface area contributed by atoms with Crippen molar-refractivity contribution in [1.29, 1.82) is 0 Å². The van der Waals surface area contributed by atoms with Crippen LogP contribution in [0.1, 0.15) is 271 Å². The maximum atomic E-state index is 13.1. The molecule has 10 nitrogen and oxygen atoms in total. The van der Waals surface area contributed by atoms with Gasteiger partial charge in [0.25, 0.3) is 0 Å². The average Bonchev–Trinajstić information content (AvgIpc) is 3.31. The first-order valence-electron chi connectivity index (χ1n) is 28.0. The van der Waals surface area contributed by atoms with Crippen LogP contribution >= 0.6 is 0 Å². The van der Waals surface area contributed by atoms with E-state index in [1.165, 1.54) is 193 Å². The van der Waals surface area contributed by atoms with Gasteiger partial charge in [-0.15, -0.1) is 0 Å². The minimum absolute atomic E-state index is 0.252. The minimum atomic E-state index is -1.59. The van der Waals surface area contributed by atoms with Crippen molar-refractivity contribution in [3.8, 4) is 0 Å². The Kier molecular flexibility index (Phi) is 43.2. The molecule has 65 heavy (non-hydrogen) atoms. The van der Waals surface area contributed by atoms with Crippen LogP contribution in [0.2, 0.25) is 0 Å². The highest BCUT2D eigenvalue weighted by Gasteiger charge is 2.44. The second-order valence-electron chi connectivity index (χ2n) is 19.9. The number of aliphatic hydroxyl groups is 6. The lowest BCUT2D eigenvalue weighted by Crippen LogP contribution is -2.60. The molecule has 0 radical (unpaired) electrons. The molecule has 1 aliphatic rings. The molecule has 0 aromatic heterocycles. The summed E-state index contributed by atoms with van der Waals surface area (Å²) in [5, 5.41) is 65.1. The topological polar surface area (TPSA) is 169 Å². The third-order valence-corrected chi connectivity index (χ3v) is 13.7. The highest BCUT2D eigenvalue weighted by atomic mass is 16.7. The molecule has 1 aliphatic heterocycles. The van der Waals surface area contributed by atoms with Crippen molar-refractivity contribution >= 4 is 5.91 Å². The third-order valence-electron chi connectivity index (χ3n) is 13.7. The smallest absolute Gasteiger partial charge is 0.249 e. The van der Waals surface area contributed by atoms with Crippen LogP contribution in [0, 0.1) is 0 Å². The number of ether oxygens (including phenoxy) is 2. The van der Waals surface area contributed by atoms with Gasteiger partial charge in [-0.25, -0.2) is 0 Å². The van der Waals surface area contributed by atoms with Crippen molar-refractivity contribution in [2.45, 2.75) is 320 Å². The second-order valence-corrected chi connectivity index (χ2v) is 19.9. The van der Waals surface area contributed by atoms with Gasteiger partial charge >= 0.3 is 0 Å². The van der Waals surface area contributed by atoms with Gasteiger partial charge in [0.1, 0.15) is 30.5 Å². The van der Waals surface area contributed by atoms with Crippen LogP contribution in [-0.4, -0.2) is 98.7 Å². The van der Waals surface area contributed by atoms with Crippen molar-refractivity contribution in [1.82, 2.24) is 5.32 Å². The number of carbonyl (C=O) groups excluding carboxylic acids is 1. The van der Waals surface area contributed by atoms with Crippen molar-refractivity contribution in [3.05, 3.63) is 12.2 Å². The zero-order valence-corrected chi connectivity index (χ0v) is 42.4. The van der Waals surface area contributed by atoms with Crippen molar-refractivity contribution in [3.63, 3.8) is 0 Å². The standard InChI is InChI=1S/C55H107NO9/c1-3-5-7-9-11-13-15-17-19-20-21-22-23-24-25-26-27-28-29-30-32-34-36-38-40-42-44-49(59)54(63)56-47(46-64-55-53(62)52(61)51(60)50(45-57)65-55)48(58)43-41-39-37-35-33-31-18-16-14-12-10-8-6-4-2/h24-25,47-53,55,57-62H,3-23,26-46H2,1-2H3,(H,56,63)/b25-24-. The molecule has 7 N–H and O–H groups in total. The number of hydrogen-bond donors (Lipinski definition) is 7. The summed E-state index contributed by atoms with van der Waals surface area (Å²) in [6.07, 6.45) is 44.2. The predicted molar refractivity (Wildman–Crippen MR) is 269 cm³/mol. The molecule has 1 amide bonds. The van der Waals surface area contributed by atoms with Gasteiger partial charge in [-0.05, 0) is 38.5 Å². The van der Waals surface area contributed by atoms with Crippen LogP contribution in [0.3, 0.4) is 0 Å². The van der Waals surface area contributed by atoms with Gasteiger partial charge in [0, 0.05) is 0 Å². The average molecular weight is 926 g/mol. The van der Waals surface area contributed by atoms with Gasteiger partial charge in [-0.1, -0.05) is 244 Å². The molecule has 1 fully saturated rings. The molecule has 386 valence electrons. The number of aliphatic hydroxyl groups excluding tert-OH is 6. The lowest BCUT2D eigenvalue weighted by molar-refractivity contribution is -0.302. The van der Waals surface area contributed by atoms with E-state index in [1.54, 1.807) is 0 Å². The summed E-state index contributed by atoms with van der Waals surface area (Å²) in [7, 11) is 0. The molecule has 1 heterocycles. The van der Waals surface area contributed by atoms with E-state index in [0.717, 1.165) is 51.4 Å². The molecular weight excluding hydrogens is 819 g/mol. The Morgan fingerprint density at radius 3 is 1.25 bits per heavy atom. The zero-order chi connectivity index (χ0) is 47.4. The Hall–Kier alpha value is -1.11. The van der Waals surface area contributed by atoms with Crippen LogP contribution in [0.4, 0.5) is 0 Å². The van der Waals surface area contributed by atoms with Crippen LogP contribution in [0.5, 0.6) is 0 Å². The molecule has 0 saturated carbocycles. The Labute approximate surface area is 399 Å². The Morgan fingerprint density at radius 2 is 0.862 bits per heavy atom. The van der Waals surface area contributed by atoms with E-state index in [9.17, 15) is 35.4 Å². The van der Waals surface area contributed by atoms with E-state index in [2.05, 4.69) is 31.3 Å². The molecule has 0 aromatic rings. The van der Waals surface area contributed by atoms with Gasteiger partial charge in [0.05, 0.1) is 25.4 Å². The number of hydrogen-bond acceptors (Lipinski definition) is 9. The monoisotopic (exact) mass is 926 g/mol. The predicted octanol–water partition coefficient (Wildman–Crippen LogP) is 12.2. The summed E-state index contributed by atoms with van der Waals surface area (Å²) in [6.45, 7) is 3.70. The van der Waals surface area contributed by atoms with E-state index >= 15 is 0 Å². The Bertz CT molecular complexity index is 1050. The van der Waals surface area contributed by atoms with Crippen LogP contribution in [0.25, 0.3) is 0 Å². The lowest BCUT2D eigenvalue weighted by Gasteiger charge is -2.40. The molecule has 1 saturated heterocycles. The fourth-order valence-corrected chi connectivity index (χ4v) is 9.16. The molecule has 1 rings (SSSR count). The normalized spacial score (nSPS) is 20.4. The largest absolute Gasteiger partial charge is 0.394 e.